The van der Waals surface area contributed by atoms with E-state index in [4.69, 9.17) is 0 Å². The molecule has 0 radical (unpaired) electrons. The van der Waals surface area contributed by atoms with E-state index in [-0.39, 0.29) is 13.6 Å². The van der Waals surface area contributed by atoms with Gasteiger partial charge in [-0.05, 0) is 95.2 Å². The van der Waals surface area contributed by atoms with E-state index in [1.54, 1.807) is 17.4 Å². The standard InChI is InChI=1S/C12H8BI2O3PS/c14-19(15)20-5-4-8-2-1-3-9-6-10(16)7-11(12(8)9)13(17)18/h1-3,6-7,16-18H. The summed E-state index contributed by atoms with van der Waals surface area (Å²) in [5.74, 6) is 3.05. The third-order valence-electron chi connectivity index (χ3n) is 2.57. The minimum Gasteiger partial charge on any atom is -0.508 e. The van der Waals surface area contributed by atoms with Crippen molar-refractivity contribution in [2.75, 3.05) is 0 Å². The first kappa shape index (κ1) is 16.7. The van der Waals surface area contributed by atoms with Gasteiger partial charge in [-0.2, -0.15) is 0 Å². The SMILES string of the molecule is OB(O)c1cc(O)cc2cccc(C#CSP(I)I)c12. The summed E-state index contributed by atoms with van der Waals surface area (Å²) in [4.78, 5) is 0. The van der Waals surface area contributed by atoms with Gasteiger partial charge in [0, 0.05) is 5.56 Å². The van der Waals surface area contributed by atoms with Gasteiger partial charge in [-0.25, -0.2) is 0 Å². The van der Waals surface area contributed by atoms with E-state index in [0.717, 1.165) is 10.9 Å². The number of phenolic OH excluding ortho intramolecular Hbond substituents is 1. The van der Waals surface area contributed by atoms with E-state index < -0.39 is 7.12 Å². The van der Waals surface area contributed by atoms with Crippen molar-refractivity contribution in [2.24, 2.45) is 0 Å². The van der Waals surface area contributed by atoms with E-state index in [0.29, 0.717) is 5.39 Å². The first-order valence-electron chi connectivity index (χ1n) is 5.40. The number of rotatable bonds is 2. The zero-order valence-electron chi connectivity index (χ0n) is 9.92. The maximum atomic E-state index is 9.64. The van der Waals surface area contributed by atoms with Gasteiger partial charge in [-0.3, -0.25) is 0 Å². The monoisotopic (exact) mass is 528 g/mol. The van der Waals surface area contributed by atoms with Crippen LogP contribution in [0, 0.1) is 11.2 Å². The smallest absolute Gasteiger partial charge is 0.489 e. The molecule has 8 heteroatoms. The topological polar surface area (TPSA) is 60.7 Å². The van der Waals surface area contributed by atoms with Gasteiger partial charge in [-0.1, -0.05) is 18.1 Å². The zero-order valence-corrected chi connectivity index (χ0v) is 15.9. The average molecular weight is 528 g/mol. The second-order valence-corrected chi connectivity index (χ2v) is 21.5. The highest BCUT2D eigenvalue weighted by atomic mass is 127. The number of hydrogen-bond donors (Lipinski definition) is 3. The van der Waals surface area contributed by atoms with Crippen molar-refractivity contribution >= 4 is 81.2 Å². The van der Waals surface area contributed by atoms with Crippen LogP contribution in [-0.2, 0) is 0 Å². The van der Waals surface area contributed by atoms with Crippen LogP contribution in [0.2, 0.25) is 0 Å². The van der Waals surface area contributed by atoms with Crippen molar-refractivity contribution in [2.45, 2.75) is 0 Å². The molecular weight excluding hydrogens is 520 g/mol. The minimum atomic E-state index is -1.65. The van der Waals surface area contributed by atoms with Crippen molar-refractivity contribution < 1.29 is 15.2 Å². The van der Waals surface area contributed by atoms with Crippen LogP contribution >= 0.6 is 57.9 Å². The van der Waals surface area contributed by atoms with Crippen LogP contribution in [0.4, 0.5) is 0 Å². The van der Waals surface area contributed by atoms with Crippen LogP contribution in [0.1, 0.15) is 5.56 Å². The molecular formula is C12H8BI2O3PS. The molecule has 0 atom stereocenters. The molecule has 3 nitrogen and oxygen atoms in total. The van der Waals surface area contributed by atoms with Crippen LogP contribution in [0.25, 0.3) is 10.8 Å². The predicted octanol–water partition coefficient (Wildman–Crippen LogP) is 3.36. The molecule has 20 heavy (non-hydrogen) atoms. The summed E-state index contributed by atoms with van der Waals surface area (Å²) < 4.78 is -0.221. The molecule has 0 amide bonds. The lowest BCUT2D eigenvalue weighted by Crippen LogP contribution is -2.30. The number of halogens is 2. The van der Waals surface area contributed by atoms with Crippen LogP contribution < -0.4 is 5.46 Å². The Hall–Kier alpha value is 0.285. The molecule has 2 aromatic rings. The summed E-state index contributed by atoms with van der Waals surface area (Å²) in [6.07, 6.45) is 0. The van der Waals surface area contributed by atoms with E-state index in [1.807, 2.05) is 18.2 Å². The van der Waals surface area contributed by atoms with Gasteiger partial charge in [0.2, 0.25) is 0 Å². The van der Waals surface area contributed by atoms with E-state index in [2.05, 4.69) is 55.3 Å². The molecule has 3 N–H and O–H groups in total. The first-order valence-corrected chi connectivity index (χ1v) is 13.7. The van der Waals surface area contributed by atoms with Gasteiger partial charge in [0.05, 0.1) is 2.41 Å². The second-order valence-electron chi connectivity index (χ2n) is 3.83. The van der Waals surface area contributed by atoms with E-state index in [1.165, 1.54) is 6.07 Å². The van der Waals surface area contributed by atoms with Gasteiger partial charge in [-0.15, -0.1) is 0 Å². The number of aromatic hydroxyl groups is 1. The lowest BCUT2D eigenvalue weighted by atomic mass is 9.76. The van der Waals surface area contributed by atoms with Gasteiger partial charge >= 0.3 is 7.12 Å². The third-order valence-corrected chi connectivity index (χ3v) is 7.14. The Morgan fingerprint density at radius 1 is 1.20 bits per heavy atom. The van der Waals surface area contributed by atoms with E-state index >= 15 is 0 Å². The highest BCUT2D eigenvalue weighted by Gasteiger charge is 2.17. The maximum absolute atomic E-state index is 9.64. The minimum absolute atomic E-state index is 0.00290. The molecule has 0 aliphatic heterocycles. The third kappa shape index (κ3) is 4.15. The summed E-state index contributed by atoms with van der Waals surface area (Å²) in [6, 6.07) is 8.42. The Morgan fingerprint density at radius 2 is 1.95 bits per heavy atom. The predicted molar refractivity (Wildman–Crippen MR) is 105 cm³/mol. The lowest BCUT2D eigenvalue weighted by Gasteiger charge is -2.09. The number of phenols is 1. The summed E-state index contributed by atoms with van der Waals surface area (Å²) >= 11 is 6.20. The quantitative estimate of drug-likeness (QED) is 0.243. The normalized spacial score (nSPS) is 10.4. The number of benzene rings is 2. The molecule has 102 valence electrons. The lowest BCUT2D eigenvalue weighted by molar-refractivity contribution is 0.425. The van der Waals surface area contributed by atoms with E-state index in [9.17, 15) is 15.2 Å². The number of fused-ring (bicyclic) bond motifs is 1. The van der Waals surface area contributed by atoms with Crippen LogP contribution in [0.15, 0.2) is 30.3 Å². The fraction of sp³-hybridized carbons (Fsp3) is 0. The Balaban J connectivity index is 2.62. The highest BCUT2D eigenvalue weighted by Crippen LogP contribution is 2.64. The van der Waals surface area contributed by atoms with Crippen molar-refractivity contribution in [3.8, 4) is 16.9 Å². The van der Waals surface area contributed by atoms with Gasteiger partial charge in [0.1, 0.15) is 5.75 Å². The molecule has 0 heterocycles. The van der Waals surface area contributed by atoms with Crippen molar-refractivity contribution in [1.29, 1.82) is 0 Å². The molecule has 0 saturated heterocycles. The molecule has 0 fully saturated rings. The molecule has 0 aromatic heterocycles. The van der Waals surface area contributed by atoms with Gasteiger partial charge in [0.15, 0.2) is 0 Å². The van der Waals surface area contributed by atoms with Crippen molar-refractivity contribution in [1.82, 2.24) is 0 Å². The Kier molecular flexibility index (Phi) is 6.26. The van der Waals surface area contributed by atoms with Gasteiger partial charge in [0.25, 0.3) is 0 Å². The zero-order chi connectivity index (χ0) is 14.7. The molecule has 2 rings (SSSR count). The fourth-order valence-corrected chi connectivity index (χ4v) is 4.21. The highest BCUT2D eigenvalue weighted by molar-refractivity contribution is 14.3. The van der Waals surface area contributed by atoms with Crippen LogP contribution in [0.5, 0.6) is 5.75 Å². The van der Waals surface area contributed by atoms with Gasteiger partial charge < -0.3 is 15.2 Å². The second kappa shape index (κ2) is 7.52. The Labute approximate surface area is 148 Å². The molecule has 0 aliphatic carbocycles. The molecule has 0 saturated carbocycles. The molecule has 0 unspecified atom stereocenters. The summed E-state index contributed by atoms with van der Waals surface area (Å²) in [5.41, 5.74) is 0.990. The summed E-state index contributed by atoms with van der Waals surface area (Å²) in [7, 11) is -1.65. The van der Waals surface area contributed by atoms with Crippen molar-refractivity contribution in [3.05, 3.63) is 35.9 Å². The summed E-state index contributed by atoms with van der Waals surface area (Å²) in [6.45, 7) is 0. The first-order chi connectivity index (χ1) is 9.49. The molecule has 0 aliphatic rings. The van der Waals surface area contributed by atoms with Crippen LogP contribution in [-0.4, -0.2) is 22.3 Å². The largest absolute Gasteiger partial charge is 0.508 e. The fourth-order valence-electron chi connectivity index (χ4n) is 1.87. The molecule has 0 bridgehead atoms. The molecule has 2 aromatic carbocycles. The van der Waals surface area contributed by atoms with Crippen molar-refractivity contribution in [3.63, 3.8) is 0 Å². The Bertz CT molecular complexity index is 700. The number of hydrogen-bond acceptors (Lipinski definition) is 4. The maximum Gasteiger partial charge on any atom is 0.489 e. The average Bonchev–Trinajstić information content (AvgIpc) is 2.37. The van der Waals surface area contributed by atoms with Crippen LogP contribution in [0.3, 0.4) is 0 Å². The summed E-state index contributed by atoms with van der Waals surface area (Å²) in [5, 5.41) is 33.0. The molecule has 0 spiro atoms. The Morgan fingerprint density at radius 3 is 2.60 bits per heavy atom.